The number of nitrogens with two attached hydrogens (primary N) is 1. The zero-order valence-electron chi connectivity index (χ0n) is 14.7. The van der Waals surface area contributed by atoms with Crippen molar-refractivity contribution in [3.63, 3.8) is 0 Å². The standard InChI is InChI=1S/C17H23N7OS/c1-12-7-9-13(10-8-12)19-15(25)11-26-17-23-22-16(24(17)18)21-20-14-5-3-2-4-6-14/h7-10H,2-6,11,18H2,1H3,(H,19,25)(H,21,22). The van der Waals surface area contributed by atoms with Gasteiger partial charge >= 0.3 is 0 Å². The number of benzene rings is 1. The predicted octanol–water partition coefficient (Wildman–Crippen LogP) is 2.76. The number of nitrogen functional groups attached to an aromatic ring is 1. The molecule has 3 rings (SSSR count). The SMILES string of the molecule is Cc1ccc(NC(=O)CSc2nnc(NN=C3CCCCC3)n2N)cc1. The van der Waals surface area contributed by atoms with Crippen molar-refractivity contribution >= 4 is 35.0 Å². The minimum absolute atomic E-state index is 0.126. The molecular formula is C17H23N7OS. The minimum atomic E-state index is -0.126. The molecule has 1 saturated carbocycles. The van der Waals surface area contributed by atoms with Gasteiger partial charge in [-0.2, -0.15) is 5.10 Å². The molecule has 1 aliphatic rings. The summed E-state index contributed by atoms with van der Waals surface area (Å²) >= 11 is 1.22. The minimum Gasteiger partial charge on any atom is -0.334 e. The molecular weight excluding hydrogens is 350 g/mol. The summed E-state index contributed by atoms with van der Waals surface area (Å²) in [7, 11) is 0. The number of amides is 1. The van der Waals surface area contributed by atoms with Gasteiger partial charge in [-0.05, 0) is 44.7 Å². The highest BCUT2D eigenvalue weighted by molar-refractivity contribution is 7.99. The van der Waals surface area contributed by atoms with Crippen LogP contribution < -0.4 is 16.6 Å². The van der Waals surface area contributed by atoms with Crippen LogP contribution in [0.4, 0.5) is 11.6 Å². The number of aryl methyl sites for hydroxylation is 1. The molecule has 0 radical (unpaired) electrons. The van der Waals surface area contributed by atoms with E-state index in [1.807, 2.05) is 31.2 Å². The quantitative estimate of drug-likeness (QED) is 0.408. The lowest BCUT2D eigenvalue weighted by molar-refractivity contribution is -0.113. The van der Waals surface area contributed by atoms with Gasteiger partial charge in [0.2, 0.25) is 11.1 Å². The predicted molar refractivity (Wildman–Crippen MR) is 105 cm³/mol. The van der Waals surface area contributed by atoms with Gasteiger partial charge in [-0.25, -0.2) is 10.1 Å². The van der Waals surface area contributed by atoms with Crippen LogP contribution in [0.2, 0.25) is 0 Å². The molecule has 9 heteroatoms. The Balaban J connectivity index is 1.51. The van der Waals surface area contributed by atoms with Crippen LogP contribution in [0.1, 0.15) is 37.7 Å². The van der Waals surface area contributed by atoms with Crippen molar-refractivity contribution in [1.82, 2.24) is 14.9 Å². The summed E-state index contributed by atoms with van der Waals surface area (Å²) in [6, 6.07) is 7.64. The number of carbonyl (C=O) groups excluding carboxylic acids is 1. The van der Waals surface area contributed by atoms with E-state index in [0.29, 0.717) is 11.1 Å². The topological polar surface area (TPSA) is 110 Å². The molecule has 2 aromatic rings. The highest BCUT2D eigenvalue weighted by Gasteiger charge is 2.13. The highest BCUT2D eigenvalue weighted by atomic mass is 32.2. The van der Waals surface area contributed by atoms with Crippen LogP contribution in [0.3, 0.4) is 0 Å². The second-order valence-electron chi connectivity index (χ2n) is 6.23. The summed E-state index contributed by atoms with van der Waals surface area (Å²) in [5, 5.41) is 15.7. The molecule has 8 nitrogen and oxygen atoms in total. The van der Waals surface area contributed by atoms with E-state index in [0.717, 1.165) is 29.8 Å². The summed E-state index contributed by atoms with van der Waals surface area (Å²) < 4.78 is 1.32. The zero-order valence-corrected chi connectivity index (χ0v) is 15.6. The molecule has 0 spiro atoms. The van der Waals surface area contributed by atoms with Crippen LogP contribution in [0.5, 0.6) is 0 Å². The van der Waals surface area contributed by atoms with E-state index in [2.05, 4.69) is 26.0 Å². The van der Waals surface area contributed by atoms with Gasteiger partial charge in [0, 0.05) is 11.4 Å². The maximum Gasteiger partial charge on any atom is 0.264 e. The summed E-state index contributed by atoms with van der Waals surface area (Å²) in [5.74, 6) is 6.41. The fourth-order valence-electron chi connectivity index (χ4n) is 2.62. The number of aromatic nitrogens is 3. The van der Waals surface area contributed by atoms with E-state index in [1.54, 1.807) is 0 Å². The van der Waals surface area contributed by atoms with Crippen molar-refractivity contribution in [1.29, 1.82) is 0 Å². The maximum atomic E-state index is 12.1. The van der Waals surface area contributed by atoms with E-state index in [9.17, 15) is 4.79 Å². The Morgan fingerprint density at radius 1 is 1.23 bits per heavy atom. The zero-order chi connectivity index (χ0) is 18.4. The first-order chi connectivity index (χ1) is 12.6. The lowest BCUT2D eigenvalue weighted by Gasteiger charge is -2.12. The van der Waals surface area contributed by atoms with E-state index in [1.165, 1.54) is 35.7 Å². The van der Waals surface area contributed by atoms with Crippen LogP contribution in [0.25, 0.3) is 0 Å². The Bertz CT molecular complexity index is 777. The number of hydrazone groups is 1. The Morgan fingerprint density at radius 3 is 2.69 bits per heavy atom. The molecule has 26 heavy (non-hydrogen) atoms. The average Bonchev–Trinajstić information content (AvgIpc) is 3.01. The van der Waals surface area contributed by atoms with E-state index >= 15 is 0 Å². The summed E-state index contributed by atoms with van der Waals surface area (Å²) in [6.45, 7) is 2.00. The van der Waals surface area contributed by atoms with Crippen molar-refractivity contribution in [3.8, 4) is 0 Å². The summed E-state index contributed by atoms with van der Waals surface area (Å²) in [6.07, 6.45) is 5.62. The van der Waals surface area contributed by atoms with Crippen LogP contribution >= 0.6 is 11.8 Å². The van der Waals surface area contributed by atoms with Crippen molar-refractivity contribution in [2.75, 3.05) is 22.3 Å². The Kier molecular flexibility index (Phi) is 6.11. The molecule has 138 valence electrons. The van der Waals surface area contributed by atoms with Crippen molar-refractivity contribution in [2.24, 2.45) is 5.10 Å². The number of hydrogen-bond acceptors (Lipinski definition) is 7. The van der Waals surface area contributed by atoms with Gasteiger partial charge in [-0.15, -0.1) is 10.2 Å². The van der Waals surface area contributed by atoms with Gasteiger partial charge in [0.15, 0.2) is 0 Å². The molecule has 1 aromatic heterocycles. The van der Waals surface area contributed by atoms with Crippen molar-refractivity contribution < 1.29 is 4.79 Å². The van der Waals surface area contributed by atoms with Crippen LogP contribution in [0.15, 0.2) is 34.5 Å². The molecule has 0 saturated heterocycles. The third kappa shape index (κ3) is 4.98. The number of hydrogen-bond donors (Lipinski definition) is 3. The van der Waals surface area contributed by atoms with Gasteiger partial charge < -0.3 is 11.2 Å². The Morgan fingerprint density at radius 2 is 1.96 bits per heavy atom. The third-order valence-electron chi connectivity index (χ3n) is 4.08. The molecule has 0 aliphatic heterocycles. The van der Waals surface area contributed by atoms with Crippen molar-refractivity contribution in [3.05, 3.63) is 29.8 Å². The van der Waals surface area contributed by atoms with Gasteiger partial charge in [0.05, 0.1) is 5.75 Å². The smallest absolute Gasteiger partial charge is 0.264 e. The number of nitrogens with one attached hydrogen (secondary N) is 2. The van der Waals surface area contributed by atoms with Gasteiger partial charge in [-0.1, -0.05) is 35.9 Å². The molecule has 1 aliphatic carbocycles. The summed E-state index contributed by atoms with van der Waals surface area (Å²) in [4.78, 5) is 12.1. The van der Waals surface area contributed by atoms with Crippen LogP contribution in [0, 0.1) is 6.92 Å². The normalized spacial score (nSPS) is 14.1. The van der Waals surface area contributed by atoms with Gasteiger partial charge in [0.25, 0.3) is 5.95 Å². The lowest BCUT2D eigenvalue weighted by Crippen LogP contribution is -2.17. The fourth-order valence-corrected chi connectivity index (χ4v) is 3.27. The molecule has 1 fully saturated rings. The number of rotatable bonds is 6. The number of nitrogens with zero attached hydrogens (tertiary/aromatic N) is 4. The highest BCUT2D eigenvalue weighted by Crippen LogP contribution is 2.19. The number of carbonyl (C=O) groups is 1. The Hall–Kier alpha value is -2.55. The largest absolute Gasteiger partial charge is 0.334 e. The molecule has 0 bridgehead atoms. The number of thioether (sulfide) groups is 1. The first-order valence-corrected chi connectivity index (χ1v) is 9.61. The number of anilines is 2. The first-order valence-electron chi connectivity index (χ1n) is 8.63. The maximum absolute atomic E-state index is 12.1. The van der Waals surface area contributed by atoms with Crippen LogP contribution in [-0.4, -0.2) is 32.2 Å². The first kappa shape index (κ1) is 18.2. The molecule has 1 amide bonds. The van der Waals surface area contributed by atoms with E-state index < -0.39 is 0 Å². The molecule has 1 aromatic carbocycles. The average molecular weight is 373 g/mol. The molecule has 1 heterocycles. The van der Waals surface area contributed by atoms with Gasteiger partial charge in [-0.3, -0.25) is 4.79 Å². The second kappa shape index (κ2) is 8.70. The van der Waals surface area contributed by atoms with E-state index in [-0.39, 0.29) is 11.7 Å². The van der Waals surface area contributed by atoms with Crippen LogP contribution in [-0.2, 0) is 4.79 Å². The monoisotopic (exact) mass is 373 g/mol. The summed E-state index contributed by atoms with van der Waals surface area (Å²) in [5.41, 5.74) is 5.91. The molecule has 0 atom stereocenters. The second-order valence-corrected chi connectivity index (χ2v) is 7.17. The van der Waals surface area contributed by atoms with E-state index in [4.69, 9.17) is 5.84 Å². The fraction of sp³-hybridized carbons (Fsp3) is 0.412. The van der Waals surface area contributed by atoms with Gasteiger partial charge in [0.1, 0.15) is 0 Å². The Labute approximate surface area is 156 Å². The molecule has 0 unspecified atom stereocenters. The lowest BCUT2D eigenvalue weighted by atomic mass is 9.99. The van der Waals surface area contributed by atoms with Crippen molar-refractivity contribution in [2.45, 2.75) is 44.2 Å². The third-order valence-corrected chi connectivity index (χ3v) is 5.02. The molecule has 4 N–H and O–H groups in total.